The average molecular weight is 444 g/mol. The number of fused-ring (bicyclic) bond motifs is 2. The van der Waals surface area contributed by atoms with Gasteiger partial charge in [-0.25, -0.2) is 9.18 Å². The zero-order valence-corrected chi connectivity index (χ0v) is 17.2. The third-order valence-electron chi connectivity index (χ3n) is 5.40. The van der Waals surface area contributed by atoms with Gasteiger partial charge in [-0.1, -0.05) is 36.4 Å². The van der Waals surface area contributed by atoms with E-state index >= 15 is 0 Å². The molecule has 0 fully saturated rings. The van der Waals surface area contributed by atoms with E-state index in [-0.39, 0.29) is 35.1 Å². The van der Waals surface area contributed by atoms with Crippen LogP contribution >= 0.6 is 0 Å². The van der Waals surface area contributed by atoms with Gasteiger partial charge in [0, 0.05) is 17.2 Å². The Morgan fingerprint density at radius 3 is 2.58 bits per heavy atom. The maximum Gasteiger partial charge on any atom is 0.356 e. The number of ether oxygens (including phenoxy) is 4. The van der Waals surface area contributed by atoms with Gasteiger partial charge >= 0.3 is 5.97 Å². The monoisotopic (exact) mass is 444 g/mol. The van der Waals surface area contributed by atoms with Gasteiger partial charge in [-0.3, -0.25) is 0 Å². The molecule has 5 rings (SSSR count). The molecule has 0 amide bonds. The largest absolute Gasteiger partial charge is 0.485 e. The van der Waals surface area contributed by atoms with Crippen molar-refractivity contribution in [3.63, 3.8) is 0 Å². The molecule has 7 nitrogen and oxygen atoms in total. The van der Waals surface area contributed by atoms with Crippen LogP contribution < -0.4 is 24.7 Å². The summed E-state index contributed by atoms with van der Waals surface area (Å²) < 4.78 is 36.9. The SMILES string of the molecule is N#CC1=C(N)Oc2cc(OC(=O)C3COc4ccccc4O3)ccc2C1c1ccccc1F. The van der Waals surface area contributed by atoms with E-state index in [0.29, 0.717) is 17.1 Å². The number of nitrogens with zero attached hydrogens (tertiary/aromatic N) is 1. The number of halogens is 1. The number of rotatable bonds is 3. The third-order valence-corrected chi connectivity index (χ3v) is 5.40. The molecule has 0 aromatic heterocycles. The second-order valence-corrected chi connectivity index (χ2v) is 7.43. The minimum Gasteiger partial charge on any atom is -0.485 e. The molecule has 8 heteroatoms. The number of hydrogen-bond acceptors (Lipinski definition) is 7. The van der Waals surface area contributed by atoms with Crippen molar-refractivity contribution in [3.8, 4) is 29.1 Å². The van der Waals surface area contributed by atoms with Gasteiger partial charge in [0.1, 0.15) is 35.6 Å². The van der Waals surface area contributed by atoms with E-state index in [1.54, 1.807) is 54.6 Å². The van der Waals surface area contributed by atoms with Crippen LogP contribution in [0.4, 0.5) is 4.39 Å². The number of nitrogens with two attached hydrogens (primary N) is 1. The number of hydrogen-bond donors (Lipinski definition) is 1. The first kappa shape index (κ1) is 20.4. The van der Waals surface area contributed by atoms with Gasteiger partial charge in [-0.05, 0) is 24.3 Å². The summed E-state index contributed by atoms with van der Waals surface area (Å²) in [5.74, 6) is -0.558. The number of allylic oxidation sites excluding steroid dienone is 1. The number of carbonyl (C=O) groups is 1. The fourth-order valence-corrected chi connectivity index (χ4v) is 3.85. The maximum atomic E-state index is 14.6. The summed E-state index contributed by atoms with van der Waals surface area (Å²) in [4.78, 5) is 12.6. The van der Waals surface area contributed by atoms with E-state index in [2.05, 4.69) is 0 Å². The van der Waals surface area contributed by atoms with Crippen LogP contribution in [0.15, 0.2) is 78.2 Å². The van der Waals surface area contributed by atoms with Crippen molar-refractivity contribution in [2.24, 2.45) is 5.73 Å². The molecule has 2 aliphatic heterocycles. The van der Waals surface area contributed by atoms with Crippen LogP contribution in [0.5, 0.6) is 23.0 Å². The Hall–Kier alpha value is -4.51. The van der Waals surface area contributed by atoms with E-state index in [1.165, 1.54) is 12.1 Å². The van der Waals surface area contributed by atoms with E-state index in [0.717, 1.165) is 0 Å². The van der Waals surface area contributed by atoms with Crippen LogP contribution in [0.1, 0.15) is 17.0 Å². The van der Waals surface area contributed by atoms with Crippen molar-refractivity contribution in [1.82, 2.24) is 0 Å². The summed E-state index contributed by atoms with van der Waals surface area (Å²) in [6.45, 7) is 0.00780. The lowest BCUT2D eigenvalue weighted by Crippen LogP contribution is -2.39. The van der Waals surface area contributed by atoms with E-state index < -0.39 is 23.8 Å². The second kappa shape index (κ2) is 8.20. The van der Waals surface area contributed by atoms with E-state index in [9.17, 15) is 14.4 Å². The van der Waals surface area contributed by atoms with E-state index in [4.69, 9.17) is 24.7 Å². The molecule has 0 saturated heterocycles. The third kappa shape index (κ3) is 3.70. The lowest BCUT2D eigenvalue weighted by Gasteiger charge is -2.27. The van der Waals surface area contributed by atoms with Crippen LogP contribution in [-0.2, 0) is 4.79 Å². The molecular formula is C25H17FN2O5. The van der Waals surface area contributed by atoms with Gasteiger partial charge in [0.05, 0.1) is 5.92 Å². The fourth-order valence-electron chi connectivity index (χ4n) is 3.85. The number of carbonyl (C=O) groups excluding carboxylic acids is 1. The zero-order chi connectivity index (χ0) is 22.9. The van der Waals surface area contributed by atoms with Crippen molar-refractivity contribution >= 4 is 5.97 Å². The topological polar surface area (TPSA) is 104 Å². The quantitative estimate of drug-likeness (QED) is 0.484. The Bertz CT molecular complexity index is 1330. The summed E-state index contributed by atoms with van der Waals surface area (Å²) in [5.41, 5.74) is 6.88. The smallest absolute Gasteiger partial charge is 0.356 e. The fraction of sp³-hybridized carbons (Fsp3) is 0.120. The molecule has 3 aromatic rings. The van der Waals surface area contributed by atoms with Gasteiger partial charge in [0.25, 0.3) is 0 Å². The van der Waals surface area contributed by atoms with Crippen LogP contribution in [0.25, 0.3) is 0 Å². The number of esters is 1. The number of para-hydroxylation sites is 2. The molecule has 2 unspecified atom stereocenters. The molecule has 0 spiro atoms. The van der Waals surface area contributed by atoms with Crippen LogP contribution in [0.2, 0.25) is 0 Å². The number of benzene rings is 3. The van der Waals surface area contributed by atoms with Gasteiger partial charge < -0.3 is 24.7 Å². The molecule has 2 atom stereocenters. The first-order chi connectivity index (χ1) is 16.0. The Morgan fingerprint density at radius 1 is 1.03 bits per heavy atom. The lowest BCUT2D eigenvalue weighted by molar-refractivity contribution is -0.144. The average Bonchev–Trinajstić information content (AvgIpc) is 2.83. The number of nitriles is 1. The molecule has 0 saturated carbocycles. The highest BCUT2D eigenvalue weighted by molar-refractivity contribution is 5.78. The second-order valence-electron chi connectivity index (χ2n) is 7.43. The molecule has 3 aromatic carbocycles. The minimum absolute atomic E-state index is 0.00780. The Kier molecular flexibility index (Phi) is 5.07. The van der Waals surface area contributed by atoms with Crippen LogP contribution in [0, 0.1) is 17.1 Å². The molecule has 0 bridgehead atoms. The molecule has 0 radical (unpaired) electrons. The predicted molar refractivity (Wildman–Crippen MR) is 114 cm³/mol. The van der Waals surface area contributed by atoms with Crippen molar-refractivity contribution in [3.05, 3.63) is 95.1 Å². The lowest BCUT2D eigenvalue weighted by atomic mass is 9.83. The molecule has 0 aliphatic carbocycles. The van der Waals surface area contributed by atoms with Crippen molar-refractivity contribution < 1.29 is 28.1 Å². The molecule has 2 heterocycles. The molecular weight excluding hydrogens is 427 g/mol. The van der Waals surface area contributed by atoms with Crippen LogP contribution in [-0.4, -0.2) is 18.7 Å². The molecule has 33 heavy (non-hydrogen) atoms. The Balaban J connectivity index is 1.42. The first-order valence-electron chi connectivity index (χ1n) is 10.1. The summed E-state index contributed by atoms with van der Waals surface area (Å²) in [5, 5.41) is 9.61. The standard InChI is InChI=1S/C25H17FN2O5/c26-18-6-2-1-5-15(18)23-16-10-9-14(11-21(16)33-24(28)17(23)12-27)31-25(29)22-13-30-19-7-3-4-8-20(19)32-22/h1-11,22-23H,13,28H2. The Morgan fingerprint density at radius 2 is 1.79 bits per heavy atom. The zero-order valence-electron chi connectivity index (χ0n) is 17.2. The molecule has 2 N–H and O–H groups in total. The Labute approximate surface area is 188 Å². The first-order valence-corrected chi connectivity index (χ1v) is 10.1. The van der Waals surface area contributed by atoms with Crippen LogP contribution in [0.3, 0.4) is 0 Å². The molecule has 2 aliphatic rings. The van der Waals surface area contributed by atoms with Gasteiger partial charge in [-0.15, -0.1) is 0 Å². The maximum absolute atomic E-state index is 14.6. The van der Waals surface area contributed by atoms with Gasteiger partial charge in [0.15, 0.2) is 11.5 Å². The highest BCUT2D eigenvalue weighted by Gasteiger charge is 2.33. The minimum atomic E-state index is -0.946. The molecule has 164 valence electrons. The summed E-state index contributed by atoms with van der Waals surface area (Å²) in [7, 11) is 0. The van der Waals surface area contributed by atoms with Gasteiger partial charge in [-0.2, -0.15) is 5.26 Å². The summed E-state index contributed by atoms with van der Waals surface area (Å²) in [6, 6.07) is 19.8. The van der Waals surface area contributed by atoms with Crippen molar-refractivity contribution in [2.45, 2.75) is 12.0 Å². The highest BCUT2D eigenvalue weighted by atomic mass is 19.1. The van der Waals surface area contributed by atoms with Crippen molar-refractivity contribution in [2.75, 3.05) is 6.61 Å². The van der Waals surface area contributed by atoms with Crippen molar-refractivity contribution in [1.29, 1.82) is 5.26 Å². The predicted octanol–water partition coefficient (Wildman–Crippen LogP) is 3.79. The summed E-state index contributed by atoms with van der Waals surface area (Å²) in [6.07, 6.45) is -0.946. The highest BCUT2D eigenvalue weighted by Crippen LogP contribution is 2.44. The normalized spacial score (nSPS) is 18.5. The van der Waals surface area contributed by atoms with Gasteiger partial charge in [0.2, 0.25) is 12.0 Å². The van der Waals surface area contributed by atoms with E-state index in [1.807, 2.05) is 6.07 Å². The summed E-state index contributed by atoms with van der Waals surface area (Å²) >= 11 is 0.